The summed E-state index contributed by atoms with van der Waals surface area (Å²) >= 11 is 6.19. The first kappa shape index (κ1) is 21.6. The van der Waals surface area contributed by atoms with Crippen LogP contribution in [0.25, 0.3) is 0 Å². The third kappa shape index (κ3) is 4.24. The molecule has 2 fully saturated rings. The van der Waals surface area contributed by atoms with Crippen molar-refractivity contribution in [3.63, 3.8) is 0 Å². The van der Waals surface area contributed by atoms with Crippen LogP contribution in [0.4, 0.5) is 5.69 Å². The number of nitrogens with two attached hydrogens (primary N) is 1. The molecule has 0 bridgehead atoms. The van der Waals surface area contributed by atoms with E-state index in [1.807, 2.05) is 30.3 Å². The van der Waals surface area contributed by atoms with Crippen LogP contribution in [0.3, 0.4) is 0 Å². The Kier molecular flexibility index (Phi) is 5.64. The van der Waals surface area contributed by atoms with Gasteiger partial charge in [0.1, 0.15) is 0 Å². The van der Waals surface area contributed by atoms with Crippen molar-refractivity contribution in [3.8, 4) is 0 Å². The van der Waals surface area contributed by atoms with Crippen LogP contribution in [0.5, 0.6) is 0 Å². The van der Waals surface area contributed by atoms with Gasteiger partial charge in [-0.25, -0.2) is 8.42 Å². The van der Waals surface area contributed by atoms with Crippen molar-refractivity contribution < 1.29 is 8.42 Å². The minimum atomic E-state index is -3.21. The fourth-order valence-electron chi connectivity index (χ4n) is 4.79. The summed E-state index contributed by atoms with van der Waals surface area (Å²) in [6.07, 6.45) is 5.14. The molecule has 1 aliphatic heterocycles. The molecule has 7 heteroatoms. The molecule has 162 valence electrons. The minimum Gasteiger partial charge on any atom is -0.357 e. The highest BCUT2D eigenvalue weighted by molar-refractivity contribution is 7.90. The van der Waals surface area contributed by atoms with Crippen LogP contribution in [-0.4, -0.2) is 44.9 Å². The van der Waals surface area contributed by atoms with Gasteiger partial charge in [-0.1, -0.05) is 29.8 Å². The summed E-state index contributed by atoms with van der Waals surface area (Å²) in [5.41, 5.74) is 8.65. The molecule has 2 aliphatic rings. The van der Waals surface area contributed by atoms with Crippen molar-refractivity contribution in [1.29, 1.82) is 0 Å². The van der Waals surface area contributed by atoms with Gasteiger partial charge in [-0.3, -0.25) is 4.90 Å². The second-order valence-electron chi connectivity index (χ2n) is 9.10. The van der Waals surface area contributed by atoms with Gasteiger partial charge in [-0.15, -0.1) is 0 Å². The van der Waals surface area contributed by atoms with E-state index in [0.717, 1.165) is 61.7 Å². The van der Waals surface area contributed by atoms with E-state index in [2.05, 4.69) is 22.8 Å². The van der Waals surface area contributed by atoms with Gasteiger partial charge >= 0.3 is 0 Å². The number of hydrogen-bond donors (Lipinski definition) is 1. The van der Waals surface area contributed by atoms with Crippen LogP contribution in [0.2, 0.25) is 5.02 Å². The molecule has 5 nitrogen and oxygen atoms in total. The van der Waals surface area contributed by atoms with Gasteiger partial charge in [-0.2, -0.15) is 0 Å². The van der Waals surface area contributed by atoms with Gasteiger partial charge in [0.25, 0.3) is 0 Å². The lowest BCUT2D eigenvalue weighted by molar-refractivity contribution is 0.0635. The fourth-order valence-corrected chi connectivity index (χ4v) is 5.64. The van der Waals surface area contributed by atoms with Crippen LogP contribution < -0.4 is 10.6 Å². The van der Waals surface area contributed by atoms with Gasteiger partial charge in [-0.05, 0) is 68.5 Å². The highest BCUT2D eigenvalue weighted by Gasteiger charge is 2.43. The normalized spacial score (nSPS) is 28.1. The topological polar surface area (TPSA) is 66.6 Å². The molecule has 0 unspecified atom stereocenters. The Morgan fingerprint density at radius 3 is 2.37 bits per heavy atom. The summed E-state index contributed by atoms with van der Waals surface area (Å²) in [4.78, 5) is 5.16. The van der Waals surface area contributed by atoms with Gasteiger partial charge in [0, 0.05) is 41.1 Å². The Balaban J connectivity index is 1.45. The molecule has 30 heavy (non-hydrogen) atoms. The first-order chi connectivity index (χ1) is 14.1. The van der Waals surface area contributed by atoms with Crippen LogP contribution in [-0.2, 0) is 15.4 Å². The van der Waals surface area contributed by atoms with E-state index in [4.69, 9.17) is 17.3 Å². The van der Waals surface area contributed by atoms with Crippen LogP contribution in [0.1, 0.15) is 38.2 Å². The SMILES string of the molecule is CC1(N2CCN(c3cccc(S(C)(=O)=O)c3)C2)CCC(N)(c2cccc(Cl)c2)CC1. The molecule has 4 rings (SSSR count). The van der Waals surface area contributed by atoms with Crippen molar-refractivity contribution in [1.82, 2.24) is 4.90 Å². The number of sulfone groups is 1. The number of benzene rings is 2. The Morgan fingerprint density at radius 2 is 1.70 bits per heavy atom. The Morgan fingerprint density at radius 1 is 1.00 bits per heavy atom. The second kappa shape index (κ2) is 7.83. The van der Waals surface area contributed by atoms with Crippen molar-refractivity contribution in [2.24, 2.45) is 5.73 Å². The van der Waals surface area contributed by atoms with E-state index in [9.17, 15) is 8.42 Å². The highest BCUT2D eigenvalue weighted by Crippen LogP contribution is 2.43. The molecule has 0 spiro atoms. The first-order valence-corrected chi connectivity index (χ1v) is 12.7. The van der Waals surface area contributed by atoms with E-state index in [1.54, 1.807) is 12.1 Å². The number of hydrogen-bond acceptors (Lipinski definition) is 5. The van der Waals surface area contributed by atoms with Crippen molar-refractivity contribution >= 4 is 27.1 Å². The third-order valence-electron chi connectivity index (χ3n) is 6.97. The average molecular weight is 448 g/mol. The second-order valence-corrected chi connectivity index (χ2v) is 11.6. The maximum absolute atomic E-state index is 11.9. The van der Waals surface area contributed by atoms with E-state index >= 15 is 0 Å². The predicted molar refractivity (Wildman–Crippen MR) is 123 cm³/mol. The standard InChI is InChI=1S/C23H30ClN3O2S/c1-22(9-11-23(25,12-10-22)18-5-3-6-19(24)15-18)27-14-13-26(17-27)20-7-4-8-21(16-20)30(2,28)29/h3-8,15-16H,9-14,17,25H2,1-2H3. The highest BCUT2D eigenvalue weighted by atomic mass is 35.5. The number of nitrogens with zero attached hydrogens (tertiary/aromatic N) is 2. The van der Waals surface area contributed by atoms with Crippen molar-refractivity contribution in [2.75, 3.05) is 30.9 Å². The summed E-state index contributed by atoms with van der Waals surface area (Å²) in [5, 5.41) is 0.733. The summed E-state index contributed by atoms with van der Waals surface area (Å²) in [6, 6.07) is 15.2. The quantitative estimate of drug-likeness (QED) is 0.766. The van der Waals surface area contributed by atoms with Gasteiger partial charge < -0.3 is 10.6 Å². The van der Waals surface area contributed by atoms with Crippen LogP contribution >= 0.6 is 11.6 Å². The van der Waals surface area contributed by atoms with Crippen LogP contribution in [0.15, 0.2) is 53.4 Å². The van der Waals surface area contributed by atoms with E-state index in [-0.39, 0.29) is 11.1 Å². The lowest BCUT2D eigenvalue weighted by atomic mass is 9.70. The Bertz CT molecular complexity index is 1030. The molecule has 0 amide bonds. The molecule has 2 N–H and O–H groups in total. The molecule has 0 aromatic heterocycles. The molecule has 2 aromatic carbocycles. The zero-order valence-electron chi connectivity index (χ0n) is 17.6. The largest absolute Gasteiger partial charge is 0.357 e. The van der Waals surface area contributed by atoms with E-state index < -0.39 is 9.84 Å². The lowest BCUT2D eigenvalue weighted by Crippen LogP contribution is -2.53. The molecule has 1 saturated carbocycles. The Labute approximate surface area is 184 Å². The molecule has 1 heterocycles. The number of rotatable bonds is 4. The zero-order valence-corrected chi connectivity index (χ0v) is 19.2. The molecular formula is C23H30ClN3O2S. The third-order valence-corrected chi connectivity index (χ3v) is 8.32. The van der Waals surface area contributed by atoms with Gasteiger partial charge in [0.2, 0.25) is 0 Å². The maximum atomic E-state index is 11.9. The molecule has 2 aromatic rings. The zero-order chi connectivity index (χ0) is 21.6. The molecule has 1 saturated heterocycles. The monoisotopic (exact) mass is 447 g/mol. The smallest absolute Gasteiger partial charge is 0.175 e. The summed E-state index contributed by atoms with van der Waals surface area (Å²) in [5.74, 6) is 0. The van der Waals surface area contributed by atoms with Crippen molar-refractivity contribution in [3.05, 3.63) is 59.1 Å². The van der Waals surface area contributed by atoms with Crippen molar-refractivity contribution in [2.45, 2.75) is 48.6 Å². The van der Waals surface area contributed by atoms with E-state index in [0.29, 0.717) is 4.90 Å². The molecular weight excluding hydrogens is 418 g/mol. The molecule has 0 radical (unpaired) electrons. The first-order valence-electron chi connectivity index (χ1n) is 10.4. The summed E-state index contributed by atoms with van der Waals surface area (Å²) in [7, 11) is -3.21. The average Bonchev–Trinajstić information content (AvgIpc) is 3.21. The summed E-state index contributed by atoms with van der Waals surface area (Å²) in [6.45, 7) is 5.00. The predicted octanol–water partition coefficient (Wildman–Crippen LogP) is 4.01. The van der Waals surface area contributed by atoms with Crippen LogP contribution in [0, 0.1) is 0 Å². The lowest BCUT2D eigenvalue weighted by Gasteiger charge is -2.47. The van der Waals surface area contributed by atoms with Gasteiger partial charge in [0.05, 0.1) is 11.6 Å². The molecule has 0 atom stereocenters. The number of halogens is 1. The minimum absolute atomic E-state index is 0.0879. The summed E-state index contributed by atoms with van der Waals surface area (Å²) < 4.78 is 23.8. The fraction of sp³-hybridized carbons (Fsp3) is 0.478. The van der Waals surface area contributed by atoms with Gasteiger partial charge in [0.15, 0.2) is 9.84 Å². The molecule has 1 aliphatic carbocycles. The number of anilines is 1. The van der Waals surface area contributed by atoms with E-state index in [1.165, 1.54) is 6.26 Å². The Hall–Kier alpha value is -1.60. The maximum Gasteiger partial charge on any atom is 0.175 e.